The number of aromatic nitrogens is 2. The van der Waals surface area contributed by atoms with Gasteiger partial charge in [0.1, 0.15) is 26.6 Å². The zero-order valence-electron chi connectivity index (χ0n) is 10.8. The third-order valence-electron chi connectivity index (χ3n) is 2.23. The van der Waals surface area contributed by atoms with Gasteiger partial charge in [-0.3, -0.25) is 0 Å². The average Bonchev–Trinajstić information content (AvgIpc) is 2.22. The van der Waals surface area contributed by atoms with Gasteiger partial charge in [-0.1, -0.05) is 25.4 Å². The molecule has 0 saturated carbocycles. The van der Waals surface area contributed by atoms with E-state index in [1.54, 1.807) is 6.07 Å². The molecule has 0 bridgehead atoms. The van der Waals surface area contributed by atoms with Crippen molar-refractivity contribution in [3.8, 4) is 0 Å². The zero-order chi connectivity index (χ0) is 13.8. The lowest BCUT2D eigenvalue weighted by molar-refractivity contribution is 0.600. The van der Waals surface area contributed by atoms with Gasteiger partial charge in [0.2, 0.25) is 0 Å². The predicted octanol–water partition coefficient (Wildman–Crippen LogP) is 2.10. The molecule has 0 atom stereocenters. The molecule has 0 radical (unpaired) electrons. The van der Waals surface area contributed by atoms with Crippen LogP contribution in [-0.4, -0.2) is 36.9 Å². The van der Waals surface area contributed by atoms with E-state index >= 15 is 0 Å². The van der Waals surface area contributed by atoms with Gasteiger partial charge in [0.05, 0.1) is 5.75 Å². The molecule has 0 aliphatic carbocycles. The summed E-state index contributed by atoms with van der Waals surface area (Å²) in [7, 11) is -2.91. The Morgan fingerprint density at radius 2 is 2.06 bits per heavy atom. The highest BCUT2D eigenvalue weighted by molar-refractivity contribution is 7.90. The molecule has 1 rings (SSSR count). The number of hydrogen-bond acceptors (Lipinski definition) is 5. The Kier molecular flexibility index (Phi) is 5.34. The second-order valence-corrected chi connectivity index (χ2v) is 7.15. The minimum absolute atomic E-state index is 0.163. The van der Waals surface area contributed by atoms with Gasteiger partial charge < -0.3 is 5.32 Å². The first-order valence-corrected chi connectivity index (χ1v) is 8.18. The van der Waals surface area contributed by atoms with E-state index in [1.807, 2.05) is 13.8 Å². The molecule has 0 aromatic carbocycles. The Balaban J connectivity index is 2.57. The quantitative estimate of drug-likeness (QED) is 0.642. The first-order valence-electron chi connectivity index (χ1n) is 5.74. The maximum Gasteiger partial charge on any atom is 0.147 e. The summed E-state index contributed by atoms with van der Waals surface area (Å²) in [6.07, 6.45) is 1.77. The first kappa shape index (κ1) is 15.2. The number of rotatable bonds is 6. The number of nitrogens with one attached hydrogen (secondary N) is 1. The molecule has 0 aliphatic heterocycles. The van der Waals surface area contributed by atoms with E-state index in [9.17, 15) is 8.42 Å². The van der Waals surface area contributed by atoms with Crippen LogP contribution in [0.2, 0.25) is 5.15 Å². The highest BCUT2D eigenvalue weighted by Gasteiger charge is 2.07. The summed E-state index contributed by atoms with van der Waals surface area (Å²) in [6, 6.07) is 1.63. The minimum Gasteiger partial charge on any atom is -0.370 e. The van der Waals surface area contributed by atoms with Crippen molar-refractivity contribution in [1.29, 1.82) is 0 Å². The van der Waals surface area contributed by atoms with Gasteiger partial charge >= 0.3 is 0 Å². The molecule has 1 aromatic heterocycles. The molecule has 7 heteroatoms. The molecular formula is C11H18ClN3O2S. The Morgan fingerprint density at radius 3 is 2.61 bits per heavy atom. The summed E-state index contributed by atoms with van der Waals surface area (Å²) in [5.74, 6) is 1.66. The summed E-state index contributed by atoms with van der Waals surface area (Å²) in [6.45, 7) is 4.51. The molecule has 0 unspecified atom stereocenters. The van der Waals surface area contributed by atoms with E-state index in [2.05, 4.69) is 15.3 Å². The Morgan fingerprint density at radius 1 is 1.39 bits per heavy atom. The van der Waals surface area contributed by atoms with Crippen molar-refractivity contribution in [2.45, 2.75) is 26.2 Å². The number of hydrogen-bond donors (Lipinski definition) is 1. The van der Waals surface area contributed by atoms with Crippen molar-refractivity contribution in [2.75, 3.05) is 23.9 Å². The second kappa shape index (κ2) is 6.33. The van der Waals surface area contributed by atoms with Crippen LogP contribution < -0.4 is 5.32 Å². The molecule has 0 saturated heterocycles. The monoisotopic (exact) mass is 291 g/mol. The van der Waals surface area contributed by atoms with Crippen LogP contribution in [0.1, 0.15) is 32.0 Å². The van der Waals surface area contributed by atoms with Gasteiger partial charge in [0, 0.05) is 24.8 Å². The highest BCUT2D eigenvalue weighted by atomic mass is 35.5. The lowest BCUT2D eigenvalue weighted by Gasteiger charge is -2.09. The van der Waals surface area contributed by atoms with Gasteiger partial charge in [0.25, 0.3) is 0 Å². The number of anilines is 1. The maximum atomic E-state index is 11.0. The molecule has 0 amide bonds. The van der Waals surface area contributed by atoms with Crippen LogP contribution in [-0.2, 0) is 9.84 Å². The van der Waals surface area contributed by atoms with Crippen LogP contribution in [0, 0.1) is 0 Å². The summed E-state index contributed by atoms with van der Waals surface area (Å²) in [5.41, 5.74) is 0. The molecule has 1 N–H and O–H groups in total. The molecule has 1 aromatic rings. The first-order chi connectivity index (χ1) is 8.28. The molecule has 1 heterocycles. The van der Waals surface area contributed by atoms with Gasteiger partial charge in [-0.25, -0.2) is 18.4 Å². The fourth-order valence-electron chi connectivity index (χ4n) is 1.33. The van der Waals surface area contributed by atoms with Gasteiger partial charge in [-0.15, -0.1) is 0 Å². The van der Waals surface area contributed by atoms with E-state index in [4.69, 9.17) is 11.6 Å². The Bertz CT molecular complexity index is 503. The van der Waals surface area contributed by atoms with Crippen LogP contribution in [0.4, 0.5) is 5.82 Å². The average molecular weight is 292 g/mol. The normalized spacial score (nSPS) is 11.8. The molecule has 0 aliphatic rings. The van der Waals surface area contributed by atoms with Crippen molar-refractivity contribution < 1.29 is 8.42 Å². The minimum atomic E-state index is -2.91. The standard InChI is InChI=1S/C11H18ClN3O2S/c1-8(2)11-14-9(12)7-10(15-11)13-5-4-6-18(3,16)17/h7-8H,4-6H2,1-3H3,(H,13,14,15). The van der Waals surface area contributed by atoms with E-state index in [0.717, 1.165) is 0 Å². The van der Waals surface area contributed by atoms with Crippen molar-refractivity contribution in [3.05, 3.63) is 17.0 Å². The number of nitrogens with zero attached hydrogens (tertiary/aromatic N) is 2. The fraction of sp³-hybridized carbons (Fsp3) is 0.636. The lowest BCUT2D eigenvalue weighted by atomic mass is 10.2. The Labute approximate surface area is 113 Å². The summed E-state index contributed by atoms with van der Waals surface area (Å²) < 4.78 is 21.9. The topological polar surface area (TPSA) is 72.0 Å². The van der Waals surface area contributed by atoms with Gasteiger partial charge in [-0.2, -0.15) is 0 Å². The van der Waals surface area contributed by atoms with Crippen LogP contribution >= 0.6 is 11.6 Å². The van der Waals surface area contributed by atoms with Crippen LogP contribution in [0.15, 0.2) is 6.07 Å². The van der Waals surface area contributed by atoms with Crippen LogP contribution in [0.5, 0.6) is 0 Å². The third kappa shape index (κ3) is 5.64. The maximum absolute atomic E-state index is 11.0. The third-order valence-corrected chi connectivity index (χ3v) is 3.45. The molecule has 18 heavy (non-hydrogen) atoms. The molecule has 0 fully saturated rings. The lowest BCUT2D eigenvalue weighted by Crippen LogP contribution is -2.11. The Hall–Kier alpha value is -0.880. The largest absolute Gasteiger partial charge is 0.370 e. The van der Waals surface area contributed by atoms with Crippen LogP contribution in [0.3, 0.4) is 0 Å². The van der Waals surface area contributed by atoms with Crippen molar-refractivity contribution in [2.24, 2.45) is 0 Å². The molecule has 5 nitrogen and oxygen atoms in total. The fourth-order valence-corrected chi connectivity index (χ4v) is 2.19. The zero-order valence-corrected chi connectivity index (χ0v) is 12.3. The predicted molar refractivity (Wildman–Crippen MR) is 73.9 cm³/mol. The SMILES string of the molecule is CC(C)c1nc(Cl)cc(NCCCS(C)(=O)=O)n1. The van der Waals surface area contributed by atoms with Gasteiger partial charge in [0.15, 0.2) is 0 Å². The summed E-state index contributed by atoms with van der Waals surface area (Å²) >= 11 is 5.89. The molecule has 0 spiro atoms. The van der Waals surface area contributed by atoms with Crippen molar-refractivity contribution in [1.82, 2.24) is 9.97 Å². The highest BCUT2D eigenvalue weighted by Crippen LogP contribution is 2.16. The summed E-state index contributed by atoms with van der Waals surface area (Å²) in [5, 5.41) is 3.44. The van der Waals surface area contributed by atoms with Crippen molar-refractivity contribution in [3.63, 3.8) is 0 Å². The second-order valence-electron chi connectivity index (χ2n) is 4.50. The van der Waals surface area contributed by atoms with Crippen LogP contribution in [0.25, 0.3) is 0 Å². The number of halogens is 1. The van der Waals surface area contributed by atoms with E-state index < -0.39 is 9.84 Å². The number of sulfone groups is 1. The van der Waals surface area contributed by atoms with Crippen molar-refractivity contribution >= 4 is 27.3 Å². The van der Waals surface area contributed by atoms with E-state index in [-0.39, 0.29) is 11.7 Å². The van der Waals surface area contributed by atoms with Gasteiger partial charge in [-0.05, 0) is 6.42 Å². The smallest absolute Gasteiger partial charge is 0.147 e. The summed E-state index contributed by atoms with van der Waals surface area (Å²) in [4.78, 5) is 8.43. The molecule has 102 valence electrons. The van der Waals surface area contributed by atoms with E-state index in [0.29, 0.717) is 29.8 Å². The van der Waals surface area contributed by atoms with E-state index in [1.165, 1.54) is 6.26 Å². The molecular weight excluding hydrogens is 274 g/mol.